The minimum Gasteiger partial charge on any atom is -0.340 e. The van der Waals surface area contributed by atoms with Gasteiger partial charge in [0.25, 0.3) is 5.91 Å². The molecular formula is C18H20N6O. The van der Waals surface area contributed by atoms with Crippen LogP contribution in [0.5, 0.6) is 0 Å². The lowest BCUT2D eigenvalue weighted by atomic mass is 10.1. The van der Waals surface area contributed by atoms with Gasteiger partial charge in [0.2, 0.25) is 0 Å². The highest BCUT2D eigenvalue weighted by Gasteiger charge is 2.21. The van der Waals surface area contributed by atoms with Crippen molar-refractivity contribution in [2.24, 2.45) is 0 Å². The number of amides is 1. The number of aromatic nitrogens is 5. The van der Waals surface area contributed by atoms with Gasteiger partial charge in [-0.05, 0) is 42.7 Å². The van der Waals surface area contributed by atoms with E-state index in [0.717, 1.165) is 29.8 Å². The fraction of sp³-hybridized carbons (Fsp3) is 0.333. The number of hydrogen-bond acceptors (Lipinski definition) is 4. The molecule has 7 heteroatoms. The first-order valence-corrected chi connectivity index (χ1v) is 8.59. The first-order valence-electron chi connectivity index (χ1n) is 8.59. The summed E-state index contributed by atoms with van der Waals surface area (Å²) in [6.07, 6.45) is 7.41. The van der Waals surface area contributed by atoms with Crippen LogP contribution in [0.4, 0.5) is 5.69 Å². The van der Waals surface area contributed by atoms with Gasteiger partial charge in [-0.1, -0.05) is 30.2 Å². The number of rotatable bonds is 5. The van der Waals surface area contributed by atoms with E-state index in [0.29, 0.717) is 18.3 Å². The van der Waals surface area contributed by atoms with Crippen molar-refractivity contribution in [3.8, 4) is 0 Å². The minimum atomic E-state index is -0.0668. The molecule has 7 nitrogen and oxygen atoms in total. The topological polar surface area (TPSA) is 88.5 Å². The van der Waals surface area contributed by atoms with E-state index in [4.69, 9.17) is 0 Å². The third kappa shape index (κ3) is 3.45. The summed E-state index contributed by atoms with van der Waals surface area (Å²) in [5.74, 6) is 0.578. The van der Waals surface area contributed by atoms with E-state index in [2.05, 4.69) is 30.5 Å². The van der Waals surface area contributed by atoms with Crippen molar-refractivity contribution in [2.75, 3.05) is 5.32 Å². The summed E-state index contributed by atoms with van der Waals surface area (Å²) >= 11 is 0. The molecule has 3 aromatic rings. The molecule has 0 radical (unpaired) electrons. The molecule has 0 saturated heterocycles. The van der Waals surface area contributed by atoms with Crippen LogP contribution < -0.4 is 5.32 Å². The van der Waals surface area contributed by atoms with Crippen molar-refractivity contribution in [3.63, 3.8) is 0 Å². The normalized spacial score (nSPS) is 14.7. The Kier molecular flexibility index (Phi) is 4.28. The quantitative estimate of drug-likeness (QED) is 0.750. The highest BCUT2D eigenvalue weighted by Crippen LogP contribution is 2.30. The number of benzene rings is 1. The number of hydrogen-bond donors (Lipinski definition) is 2. The zero-order chi connectivity index (χ0) is 17.1. The Morgan fingerprint density at radius 1 is 1.20 bits per heavy atom. The van der Waals surface area contributed by atoms with Gasteiger partial charge in [0.1, 0.15) is 5.69 Å². The Morgan fingerprint density at radius 2 is 2.00 bits per heavy atom. The molecule has 0 unspecified atom stereocenters. The lowest BCUT2D eigenvalue weighted by molar-refractivity contribution is 0.101. The Bertz CT molecular complexity index is 831. The van der Waals surface area contributed by atoms with Gasteiger partial charge in [0, 0.05) is 24.3 Å². The average molecular weight is 336 g/mol. The van der Waals surface area contributed by atoms with Gasteiger partial charge in [-0.15, -0.1) is 10.2 Å². The predicted octanol–water partition coefficient (Wildman–Crippen LogP) is 2.96. The Morgan fingerprint density at radius 3 is 2.72 bits per heavy atom. The van der Waals surface area contributed by atoms with Gasteiger partial charge >= 0.3 is 0 Å². The molecule has 0 bridgehead atoms. The third-order valence-electron chi connectivity index (χ3n) is 4.69. The van der Waals surface area contributed by atoms with Crippen molar-refractivity contribution in [1.29, 1.82) is 0 Å². The van der Waals surface area contributed by atoms with Crippen LogP contribution in [0.15, 0.2) is 42.6 Å². The highest BCUT2D eigenvalue weighted by molar-refractivity contribution is 6.03. The number of carbonyl (C=O) groups is 1. The second-order valence-corrected chi connectivity index (χ2v) is 6.39. The Labute approximate surface area is 145 Å². The first-order chi connectivity index (χ1) is 12.3. The summed E-state index contributed by atoms with van der Waals surface area (Å²) in [5, 5.41) is 16.9. The van der Waals surface area contributed by atoms with E-state index in [1.165, 1.54) is 12.8 Å². The van der Waals surface area contributed by atoms with Crippen LogP contribution >= 0.6 is 0 Å². The standard InChI is InChI=1S/C18H20N6O/c25-18(16-6-3-11-24(16)15-4-1-2-5-15)19-14-9-7-13(8-10-14)12-17-20-22-23-21-17/h3,6-11,15H,1-2,4-5,12H2,(H,19,25)(H,20,21,22,23). The smallest absolute Gasteiger partial charge is 0.272 e. The number of nitrogens with one attached hydrogen (secondary N) is 2. The number of carbonyl (C=O) groups excluding carboxylic acids is 1. The average Bonchev–Trinajstić information content (AvgIpc) is 3.38. The van der Waals surface area contributed by atoms with Crippen LogP contribution in [0, 0.1) is 0 Å². The van der Waals surface area contributed by atoms with Crippen LogP contribution in [0.2, 0.25) is 0 Å². The van der Waals surface area contributed by atoms with Gasteiger partial charge in [0.15, 0.2) is 5.82 Å². The van der Waals surface area contributed by atoms with E-state index in [-0.39, 0.29) is 5.91 Å². The largest absolute Gasteiger partial charge is 0.340 e. The fourth-order valence-electron chi connectivity index (χ4n) is 3.43. The molecule has 1 aromatic carbocycles. The Hall–Kier alpha value is -2.96. The summed E-state index contributed by atoms with van der Waals surface area (Å²) in [7, 11) is 0. The number of nitrogens with zero attached hydrogens (tertiary/aromatic N) is 4. The number of aromatic amines is 1. The molecule has 25 heavy (non-hydrogen) atoms. The Balaban J connectivity index is 1.43. The summed E-state index contributed by atoms with van der Waals surface area (Å²) in [6.45, 7) is 0. The molecule has 1 saturated carbocycles. The highest BCUT2D eigenvalue weighted by atomic mass is 16.1. The van der Waals surface area contributed by atoms with Gasteiger partial charge < -0.3 is 9.88 Å². The molecule has 2 heterocycles. The van der Waals surface area contributed by atoms with Crippen LogP contribution in [-0.4, -0.2) is 31.1 Å². The van der Waals surface area contributed by atoms with Crippen LogP contribution in [-0.2, 0) is 6.42 Å². The maximum atomic E-state index is 12.6. The monoisotopic (exact) mass is 336 g/mol. The van der Waals surface area contributed by atoms with Gasteiger partial charge in [-0.3, -0.25) is 4.79 Å². The maximum absolute atomic E-state index is 12.6. The zero-order valence-electron chi connectivity index (χ0n) is 13.9. The lowest BCUT2D eigenvalue weighted by Crippen LogP contribution is -2.18. The summed E-state index contributed by atoms with van der Waals surface area (Å²) in [6, 6.07) is 12.0. The number of anilines is 1. The molecule has 4 rings (SSSR count). The van der Waals surface area contributed by atoms with E-state index < -0.39 is 0 Å². The van der Waals surface area contributed by atoms with Crippen molar-refractivity contribution in [3.05, 3.63) is 59.7 Å². The maximum Gasteiger partial charge on any atom is 0.272 e. The third-order valence-corrected chi connectivity index (χ3v) is 4.69. The molecule has 0 spiro atoms. The van der Waals surface area contributed by atoms with Crippen LogP contribution in [0.25, 0.3) is 0 Å². The van der Waals surface area contributed by atoms with E-state index in [9.17, 15) is 4.79 Å². The summed E-state index contributed by atoms with van der Waals surface area (Å²) in [4.78, 5) is 12.6. The van der Waals surface area contributed by atoms with Crippen molar-refractivity contribution < 1.29 is 4.79 Å². The molecule has 1 amide bonds. The van der Waals surface area contributed by atoms with Crippen LogP contribution in [0.1, 0.15) is 53.6 Å². The molecule has 1 aliphatic rings. The first kappa shape index (κ1) is 15.6. The molecular weight excluding hydrogens is 316 g/mol. The van der Waals surface area contributed by atoms with E-state index in [1.54, 1.807) is 0 Å². The van der Waals surface area contributed by atoms with Gasteiger partial charge in [-0.25, -0.2) is 0 Å². The van der Waals surface area contributed by atoms with Gasteiger partial charge in [0.05, 0.1) is 0 Å². The second-order valence-electron chi connectivity index (χ2n) is 6.39. The number of H-pyrrole nitrogens is 1. The SMILES string of the molecule is O=C(Nc1ccc(Cc2nn[nH]n2)cc1)c1cccn1C1CCCC1. The molecule has 2 aromatic heterocycles. The summed E-state index contributed by atoms with van der Waals surface area (Å²) < 4.78 is 2.12. The van der Waals surface area contributed by atoms with Gasteiger partial charge in [-0.2, -0.15) is 5.21 Å². The molecule has 2 N–H and O–H groups in total. The van der Waals surface area contributed by atoms with E-state index >= 15 is 0 Å². The van der Waals surface area contributed by atoms with Crippen LogP contribution in [0.3, 0.4) is 0 Å². The molecule has 0 atom stereocenters. The molecule has 128 valence electrons. The molecule has 0 aliphatic heterocycles. The lowest BCUT2D eigenvalue weighted by Gasteiger charge is -2.16. The van der Waals surface area contributed by atoms with E-state index in [1.807, 2.05) is 42.6 Å². The molecule has 1 aliphatic carbocycles. The minimum absolute atomic E-state index is 0.0668. The van der Waals surface area contributed by atoms with Crippen molar-refractivity contribution >= 4 is 11.6 Å². The number of tetrazole rings is 1. The summed E-state index contributed by atoms with van der Waals surface area (Å²) in [5.41, 5.74) is 2.57. The zero-order valence-corrected chi connectivity index (χ0v) is 13.9. The fourth-order valence-corrected chi connectivity index (χ4v) is 3.43. The molecule has 1 fully saturated rings. The second kappa shape index (κ2) is 6.88. The van der Waals surface area contributed by atoms with Crippen molar-refractivity contribution in [1.82, 2.24) is 25.2 Å². The predicted molar refractivity (Wildman–Crippen MR) is 93.3 cm³/mol. The van der Waals surface area contributed by atoms with Crippen molar-refractivity contribution in [2.45, 2.75) is 38.1 Å².